The third-order valence-electron chi connectivity index (χ3n) is 5.24. The number of primary amides is 1. The maximum atomic E-state index is 12.9. The van der Waals surface area contributed by atoms with E-state index in [4.69, 9.17) is 10.5 Å². The minimum absolute atomic E-state index is 0.172. The molecule has 0 spiro atoms. The Morgan fingerprint density at radius 3 is 2.29 bits per heavy atom. The quantitative estimate of drug-likeness (QED) is 0.357. The molecule has 183 valence electrons. The summed E-state index contributed by atoms with van der Waals surface area (Å²) in [5.41, 5.74) is 6.26. The van der Waals surface area contributed by atoms with Crippen molar-refractivity contribution in [2.45, 2.75) is 51.8 Å². The van der Waals surface area contributed by atoms with Crippen LogP contribution in [0.3, 0.4) is 0 Å². The fraction of sp³-hybridized carbons (Fsp3) is 0.385. The van der Waals surface area contributed by atoms with E-state index < -0.39 is 35.2 Å². The zero-order valence-corrected chi connectivity index (χ0v) is 19.9. The van der Waals surface area contributed by atoms with Gasteiger partial charge >= 0.3 is 0 Å². The van der Waals surface area contributed by atoms with Crippen LogP contribution in [-0.2, 0) is 27.4 Å². The monoisotopic (exact) mass is 468 g/mol. The third-order valence-corrected chi connectivity index (χ3v) is 5.24. The normalized spacial score (nSPS) is 12.9. The van der Waals surface area contributed by atoms with E-state index in [0.717, 1.165) is 11.1 Å². The van der Waals surface area contributed by atoms with Crippen molar-refractivity contribution in [2.75, 3.05) is 6.61 Å². The molecule has 2 rings (SSSR count). The van der Waals surface area contributed by atoms with Crippen LogP contribution in [0.1, 0.15) is 38.3 Å². The first-order chi connectivity index (χ1) is 16.1. The molecule has 8 heteroatoms. The molecule has 2 aromatic rings. The van der Waals surface area contributed by atoms with E-state index in [9.17, 15) is 19.5 Å². The van der Waals surface area contributed by atoms with Gasteiger partial charge in [0.25, 0.3) is 0 Å². The van der Waals surface area contributed by atoms with E-state index in [-0.39, 0.29) is 19.4 Å². The number of rotatable bonds is 13. The molecule has 34 heavy (non-hydrogen) atoms. The predicted octanol–water partition coefficient (Wildman–Crippen LogP) is 1.90. The van der Waals surface area contributed by atoms with Gasteiger partial charge in [0.1, 0.15) is 18.4 Å². The number of benzene rings is 2. The Kier molecular flexibility index (Phi) is 10.1. The maximum Gasteiger partial charge on any atom is 0.243 e. The smallest absolute Gasteiger partial charge is 0.243 e. The molecular weight excluding hydrogens is 434 g/mol. The van der Waals surface area contributed by atoms with Crippen molar-refractivity contribution in [3.63, 3.8) is 0 Å². The summed E-state index contributed by atoms with van der Waals surface area (Å²) in [6.07, 6.45) is 1.72. The molecule has 5 N–H and O–H groups in total. The van der Waals surface area contributed by atoms with Gasteiger partial charge in [-0.3, -0.25) is 14.4 Å². The molecule has 0 aliphatic carbocycles. The fourth-order valence-electron chi connectivity index (χ4n) is 3.00. The molecule has 2 aromatic carbocycles. The second-order valence-corrected chi connectivity index (χ2v) is 8.96. The van der Waals surface area contributed by atoms with E-state index in [1.54, 1.807) is 20.8 Å². The predicted molar refractivity (Wildman–Crippen MR) is 129 cm³/mol. The van der Waals surface area contributed by atoms with Gasteiger partial charge in [0.2, 0.25) is 17.7 Å². The lowest BCUT2D eigenvalue weighted by Crippen LogP contribution is -2.55. The molecule has 0 aliphatic heterocycles. The van der Waals surface area contributed by atoms with Gasteiger partial charge in [-0.1, -0.05) is 49.4 Å². The third kappa shape index (κ3) is 9.23. The van der Waals surface area contributed by atoms with Gasteiger partial charge in [0, 0.05) is 12.3 Å². The van der Waals surface area contributed by atoms with Crippen LogP contribution in [0.2, 0.25) is 0 Å². The van der Waals surface area contributed by atoms with Crippen LogP contribution in [0.5, 0.6) is 5.75 Å². The van der Waals surface area contributed by atoms with Crippen molar-refractivity contribution < 1.29 is 24.2 Å². The summed E-state index contributed by atoms with van der Waals surface area (Å²) in [4.78, 5) is 36.5. The largest absolute Gasteiger partial charge is 0.489 e. The van der Waals surface area contributed by atoms with E-state index >= 15 is 0 Å². The fourth-order valence-corrected chi connectivity index (χ4v) is 3.00. The summed E-state index contributed by atoms with van der Waals surface area (Å²) in [5, 5.41) is 14.9. The van der Waals surface area contributed by atoms with Gasteiger partial charge in [-0.2, -0.15) is 0 Å². The molecule has 0 saturated heterocycles. The number of aliphatic hydroxyl groups excluding tert-OH is 1. The lowest BCUT2D eigenvalue weighted by molar-refractivity contribution is -0.129. The Morgan fingerprint density at radius 2 is 1.71 bits per heavy atom. The molecule has 0 aromatic heterocycles. The highest BCUT2D eigenvalue weighted by atomic mass is 16.5. The number of hydrogen-bond acceptors (Lipinski definition) is 5. The average Bonchev–Trinajstić information content (AvgIpc) is 2.82. The van der Waals surface area contributed by atoms with Crippen molar-refractivity contribution in [2.24, 2.45) is 11.7 Å². The highest BCUT2D eigenvalue weighted by Gasteiger charge is 2.27. The Bertz CT molecular complexity index is 945. The number of ether oxygens (including phenoxy) is 1. The number of nitrogens with two attached hydrogens (primary N) is 1. The van der Waals surface area contributed by atoms with E-state index in [1.807, 2.05) is 54.6 Å². The molecule has 3 amide bonds. The van der Waals surface area contributed by atoms with Gasteiger partial charge in [-0.15, -0.1) is 0 Å². The van der Waals surface area contributed by atoms with E-state index in [1.165, 1.54) is 6.42 Å². The number of amides is 3. The number of carbonyl (C=O) groups is 3. The zero-order valence-electron chi connectivity index (χ0n) is 19.9. The van der Waals surface area contributed by atoms with Crippen molar-refractivity contribution in [3.8, 4) is 5.75 Å². The highest BCUT2D eigenvalue weighted by molar-refractivity contribution is 5.92. The van der Waals surface area contributed by atoms with Crippen LogP contribution in [0.25, 0.3) is 0 Å². The minimum atomic E-state index is -0.880. The number of carbonyl (C=O) groups excluding carboxylic acids is 3. The summed E-state index contributed by atoms with van der Waals surface area (Å²) < 4.78 is 5.80. The van der Waals surface area contributed by atoms with Gasteiger partial charge in [-0.05, 0) is 43.5 Å². The molecule has 0 fully saturated rings. The number of aliphatic hydroxyl groups is 1. The van der Waals surface area contributed by atoms with Gasteiger partial charge in [-0.25, -0.2) is 0 Å². The molecule has 0 saturated carbocycles. The molecule has 0 aliphatic rings. The molecule has 2 atom stereocenters. The van der Waals surface area contributed by atoms with Gasteiger partial charge < -0.3 is 26.2 Å². The number of nitrogens with one attached hydrogen (secondary N) is 2. The Hall–Kier alpha value is -3.39. The van der Waals surface area contributed by atoms with E-state index in [0.29, 0.717) is 12.4 Å². The second-order valence-electron chi connectivity index (χ2n) is 8.96. The van der Waals surface area contributed by atoms with Crippen LogP contribution in [-0.4, -0.2) is 41.0 Å². The standard InChI is InChI=1S/C26H34N3O5/c1-18(24(27)32)9-14-23(31)28-22(25(33)29-26(2,3)17-30)15-19-10-12-21(13-11-19)34-16-20-7-5-4-6-8-20/h4-8,10-14,18,22,30H,9,15-17H2,1-3H3,(H2,27,32)(H,28,31)(H,29,33)/t18-,22-/m0/s1. The zero-order chi connectivity index (χ0) is 25.1. The topological polar surface area (TPSA) is 131 Å². The van der Waals surface area contributed by atoms with Crippen LogP contribution in [0, 0.1) is 12.3 Å². The molecule has 0 unspecified atom stereocenters. The van der Waals surface area contributed by atoms with Crippen LogP contribution in [0.4, 0.5) is 0 Å². The first-order valence-electron chi connectivity index (χ1n) is 11.2. The summed E-state index contributed by atoms with van der Waals surface area (Å²) in [6.45, 7) is 5.18. The Morgan fingerprint density at radius 1 is 1.06 bits per heavy atom. The summed E-state index contributed by atoms with van der Waals surface area (Å²) in [7, 11) is 0. The average molecular weight is 469 g/mol. The first kappa shape index (κ1) is 26.9. The summed E-state index contributed by atoms with van der Waals surface area (Å²) >= 11 is 0. The first-order valence-corrected chi connectivity index (χ1v) is 11.2. The lowest BCUT2D eigenvalue weighted by atomic mass is 10.0. The van der Waals surface area contributed by atoms with Crippen molar-refractivity contribution in [3.05, 3.63) is 72.1 Å². The maximum absolute atomic E-state index is 12.9. The highest BCUT2D eigenvalue weighted by Crippen LogP contribution is 2.16. The minimum Gasteiger partial charge on any atom is -0.489 e. The molecular formula is C26H34N3O5. The van der Waals surface area contributed by atoms with Crippen LogP contribution >= 0.6 is 0 Å². The van der Waals surface area contributed by atoms with Gasteiger partial charge in [0.15, 0.2) is 0 Å². The Balaban J connectivity index is 2.03. The second kappa shape index (κ2) is 12.7. The molecule has 0 heterocycles. The van der Waals surface area contributed by atoms with E-state index in [2.05, 4.69) is 10.6 Å². The number of hydrogen-bond donors (Lipinski definition) is 4. The summed E-state index contributed by atoms with van der Waals surface area (Å²) in [6, 6.07) is 16.2. The van der Waals surface area contributed by atoms with Crippen molar-refractivity contribution in [1.82, 2.24) is 10.6 Å². The van der Waals surface area contributed by atoms with Crippen molar-refractivity contribution >= 4 is 17.7 Å². The molecule has 1 radical (unpaired) electrons. The SMILES string of the molecule is C[C@@H](C[CH]C(=O)N[C@@H](Cc1ccc(OCc2ccccc2)cc1)C(=O)NC(C)(C)CO)C(N)=O. The lowest BCUT2D eigenvalue weighted by Gasteiger charge is -2.27. The molecule has 0 bridgehead atoms. The Labute approximate surface area is 200 Å². The van der Waals surface area contributed by atoms with Crippen molar-refractivity contribution in [1.29, 1.82) is 0 Å². The molecule has 8 nitrogen and oxygen atoms in total. The van der Waals surface area contributed by atoms with Gasteiger partial charge in [0.05, 0.1) is 18.6 Å². The summed E-state index contributed by atoms with van der Waals surface area (Å²) in [5.74, 6) is -1.20. The van der Waals surface area contributed by atoms with Crippen LogP contribution < -0.4 is 21.1 Å². The van der Waals surface area contributed by atoms with Crippen LogP contribution in [0.15, 0.2) is 54.6 Å².